The van der Waals surface area contributed by atoms with Crippen LogP contribution in [0.5, 0.6) is 0 Å². The molecule has 158 valence electrons. The lowest BCUT2D eigenvalue weighted by molar-refractivity contribution is 0.0377. The first-order valence-corrected chi connectivity index (χ1v) is 8.99. The number of rotatable bonds is 9. The van der Waals surface area contributed by atoms with Gasteiger partial charge in [0, 0.05) is 27.3 Å². The van der Waals surface area contributed by atoms with Gasteiger partial charge >= 0.3 is 0 Å². The fraction of sp³-hybridized carbons (Fsp3) is 0.611. The summed E-state index contributed by atoms with van der Waals surface area (Å²) in [6.45, 7) is 7.41. The Kier molecular flexibility index (Phi) is 9.90. The van der Waals surface area contributed by atoms with Crippen LogP contribution in [0.25, 0.3) is 0 Å². The standard InChI is InChI=1S/C18H30N6O3.HI/c1-13-7-8-15(27-13)18(3,25)12-21-17(19-9-6-10-26-5)20-11-16-23-22-14(2)24(16)4;/h7-8,25H,6,9-12H2,1-5H3,(H2,19,20,21);1H. The van der Waals surface area contributed by atoms with Crippen LogP contribution in [-0.2, 0) is 23.9 Å². The number of nitrogens with zero attached hydrogens (tertiary/aromatic N) is 4. The highest BCUT2D eigenvalue weighted by atomic mass is 127. The molecule has 0 aliphatic rings. The summed E-state index contributed by atoms with van der Waals surface area (Å²) in [5.41, 5.74) is -1.16. The number of hydrogen-bond donors (Lipinski definition) is 3. The second-order valence-electron chi connectivity index (χ2n) is 6.70. The van der Waals surface area contributed by atoms with Gasteiger partial charge in [0.15, 0.2) is 11.8 Å². The van der Waals surface area contributed by atoms with Gasteiger partial charge in [-0.2, -0.15) is 0 Å². The van der Waals surface area contributed by atoms with Crippen LogP contribution >= 0.6 is 24.0 Å². The number of guanidine groups is 1. The van der Waals surface area contributed by atoms with E-state index < -0.39 is 5.60 Å². The number of aromatic nitrogens is 3. The maximum absolute atomic E-state index is 10.7. The van der Waals surface area contributed by atoms with Crippen LogP contribution in [0.15, 0.2) is 21.5 Å². The first kappa shape index (κ1) is 24.4. The van der Waals surface area contributed by atoms with Crippen molar-refractivity contribution in [2.45, 2.75) is 39.3 Å². The molecule has 0 saturated carbocycles. The van der Waals surface area contributed by atoms with Gasteiger partial charge in [0.25, 0.3) is 0 Å². The molecule has 0 fully saturated rings. The Bertz CT molecular complexity index is 756. The lowest BCUT2D eigenvalue weighted by atomic mass is 10.0. The van der Waals surface area contributed by atoms with Gasteiger partial charge in [0.2, 0.25) is 0 Å². The van der Waals surface area contributed by atoms with E-state index in [0.717, 1.165) is 23.8 Å². The van der Waals surface area contributed by atoms with Crippen LogP contribution in [0.1, 0.15) is 36.5 Å². The van der Waals surface area contributed by atoms with Crippen LogP contribution in [-0.4, -0.2) is 52.6 Å². The maximum Gasteiger partial charge on any atom is 0.191 e. The van der Waals surface area contributed by atoms with Crippen molar-refractivity contribution in [2.24, 2.45) is 12.0 Å². The van der Waals surface area contributed by atoms with Crippen molar-refractivity contribution in [3.05, 3.63) is 35.3 Å². The Hall–Kier alpha value is -1.66. The van der Waals surface area contributed by atoms with E-state index >= 15 is 0 Å². The molecule has 0 aromatic carbocycles. The first-order valence-electron chi connectivity index (χ1n) is 8.99. The number of nitrogens with one attached hydrogen (secondary N) is 2. The molecule has 3 N–H and O–H groups in total. The van der Waals surface area contributed by atoms with Gasteiger partial charge in [-0.25, -0.2) is 4.99 Å². The lowest BCUT2D eigenvalue weighted by Crippen LogP contribution is -2.45. The predicted molar refractivity (Wildman–Crippen MR) is 118 cm³/mol. The molecule has 2 rings (SSSR count). The summed E-state index contributed by atoms with van der Waals surface area (Å²) >= 11 is 0. The summed E-state index contributed by atoms with van der Waals surface area (Å²) in [5, 5.41) is 25.3. The summed E-state index contributed by atoms with van der Waals surface area (Å²) in [5.74, 6) is 3.44. The maximum atomic E-state index is 10.7. The fourth-order valence-corrected chi connectivity index (χ4v) is 2.40. The lowest BCUT2D eigenvalue weighted by Gasteiger charge is -2.23. The third-order valence-corrected chi connectivity index (χ3v) is 4.25. The molecule has 0 radical (unpaired) electrons. The Morgan fingerprint density at radius 1 is 1.32 bits per heavy atom. The minimum Gasteiger partial charge on any atom is -0.463 e. The molecule has 0 aliphatic carbocycles. The van der Waals surface area contributed by atoms with Crippen LogP contribution in [0.4, 0.5) is 0 Å². The SMILES string of the molecule is COCCCNC(=NCc1nnc(C)n1C)NCC(C)(O)c1ccc(C)o1.I. The van der Waals surface area contributed by atoms with Crippen molar-refractivity contribution in [1.29, 1.82) is 0 Å². The second kappa shape index (κ2) is 11.4. The smallest absolute Gasteiger partial charge is 0.191 e. The molecule has 0 aliphatic heterocycles. The predicted octanol–water partition coefficient (Wildman–Crippen LogP) is 1.62. The number of hydrogen-bond acceptors (Lipinski definition) is 6. The number of ether oxygens (including phenoxy) is 1. The van der Waals surface area contributed by atoms with Crippen LogP contribution in [0.3, 0.4) is 0 Å². The van der Waals surface area contributed by atoms with E-state index in [1.165, 1.54) is 0 Å². The summed E-state index contributed by atoms with van der Waals surface area (Å²) in [4.78, 5) is 4.56. The number of aliphatic imine (C=N–C) groups is 1. The average molecular weight is 506 g/mol. The highest BCUT2D eigenvalue weighted by Crippen LogP contribution is 2.21. The molecule has 0 bridgehead atoms. The monoisotopic (exact) mass is 506 g/mol. The summed E-state index contributed by atoms with van der Waals surface area (Å²) in [6, 6.07) is 3.61. The Labute approximate surface area is 183 Å². The Morgan fingerprint density at radius 3 is 2.64 bits per heavy atom. The van der Waals surface area contributed by atoms with Crippen molar-refractivity contribution in [2.75, 3.05) is 26.8 Å². The van der Waals surface area contributed by atoms with E-state index in [9.17, 15) is 5.11 Å². The van der Waals surface area contributed by atoms with E-state index in [1.807, 2.05) is 31.5 Å². The van der Waals surface area contributed by atoms with Gasteiger partial charge < -0.3 is 29.5 Å². The Balaban J connectivity index is 0.00000392. The van der Waals surface area contributed by atoms with E-state index in [0.29, 0.717) is 31.4 Å². The van der Waals surface area contributed by atoms with E-state index in [-0.39, 0.29) is 30.5 Å². The molecule has 1 unspecified atom stereocenters. The van der Waals surface area contributed by atoms with E-state index in [4.69, 9.17) is 9.15 Å². The van der Waals surface area contributed by atoms with Gasteiger partial charge in [-0.05, 0) is 39.3 Å². The molecule has 28 heavy (non-hydrogen) atoms. The van der Waals surface area contributed by atoms with Crippen molar-refractivity contribution >= 4 is 29.9 Å². The van der Waals surface area contributed by atoms with Crippen molar-refractivity contribution in [3.8, 4) is 0 Å². The number of halogens is 1. The highest BCUT2D eigenvalue weighted by molar-refractivity contribution is 14.0. The third-order valence-electron chi connectivity index (χ3n) is 4.25. The number of furan rings is 1. The quantitative estimate of drug-likeness (QED) is 0.205. The topological polar surface area (TPSA) is 110 Å². The van der Waals surface area contributed by atoms with Crippen molar-refractivity contribution in [1.82, 2.24) is 25.4 Å². The highest BCUT2D eigenvalue weighted by Gasteiger charge is 2.27. The Morgan fingerprint density at radius 2 is 2.07 bits per heavy atom. The molecule has 10 heteroatoms. The first-order chi connectivity index (χ1) is 12.8. The largest absolute Gasteiger partial charge is 0.463 e. The zero-order valence-electron chi connectivity index (χ0n) is 17.2. The third kappa shape index (κ3) is 7.06. The number of methoxy groups -OCH3 is 1. The number of aliphatic hydroxyl groups is 1. The molecule has 1 atom stereocenters. The van der Waals surface area contributed by atoms with Crippen LogP contribution in [0.2, 0.25) is 0 Å². The minimum absolute atomic E-state index is 0. The van der Waals surface area contributed by atoms with Gasteiger partial charge in [0.1, 0.15) is 29.5 Å². The summed E-state index contributed by atoms with van der Waals surface area (Å²) in [7, 11) is 3.58. The molecule has 2 aromatic heterocycles. The second-order valence-corrected chi connectivity index (χ2v) is 6.70. The molecular weight excluding hydrogens is 475 g/mol. The summed E-state index contributed by atoms with van der Waals surface area (Å²) in [6.07, 6.45) is 0.841. The fourth-order valence-electron chi connectivity index (χ4n) is 2.40. The molecular formula is C18H31IN6O3. The average Bonchev–Trinajstić information content (AvgIpc) is 3.21. The normalized spacial score (nSPS) is 13.7. The molecule has 0 saturated heterocycles. The van der Waals surface area contributed by atoms with E-state index in [2.05, 4.69) is 25.8 Å². The van der Waals surface area contributed by atoms with Crippen molar-refractivity contribution in [3.63, 3.8) is 0 Å². The molecule has 0 amide bonds. The van der Waals surface area contributed by atoms with Gasteiger partial charge in [-0.15, -0.1) is 34.2 Å². The zero-order chi connectivity index (χ0) is 19.9. The summed E-state index contributed by atoms with van der Waals surface area (Å²) < 4.78 is 12.5. The number of aryl methyl sites for hydroxylation is 2. The molecule has 2 aromatic rings. The van der Waals surface area contributed by atoms with Gasteiger partial charge in [-0.1, -0.05) is 0 Å². The van der Waals surface area contributed by atoms with E-state index in [1.54, 1.807) is 20.1 Å². The van der Waals surface area contributed by atoms with Crippen LogP contribution in [0, 0.1) is 13.8 Å². The van der Waals surface area contributed by atoms with Gasteiger partial charge in [-0.3, -0.25) is 0 Å². The molecule has 0 spiro atoms. The molecule has 2 heterocycles. The van der Waals surface area contributed by atoms with Crippen LogP contribution < -0.4 is 10.6 Å². The van der Waals surface area contributed by atoms with Crippen molar-refractivity contribution < 1.29 is 14.3 Å². The zero-order valence-corrected chi connectivity index (χ0v) is 19.5. The van der Waals surface area contributed by atoms with Gasteiger partial charge in [0.05, 0.1) is 6.54 Å². The minimum atomic E-state index is -1.16. The molecule has 9 nitrogen and oxygen atoms in total.